The van der Waals surface area contributed by atoms with Crippen LogP contribution in [0, 0.1) is 0 Å². The monoisotopic (exact) mass is 302 g/mol. The fraction of sp³-hybridized carbons (Fsp3) is 0.692. The maximum atomic E-state index is 11.4. The van der Waals surface area contributed by atoms with Gasteiger partial charge in [-0.05, 0) is 19.3 Å². The number of primary amides is 1. The van der Waals surface area contributed by atoms with E-state index in [0.717, 1.165) is 6.42 Å². The van der Waals surface area contributed by atoms with Crippen LogP contribution in [0.5, 0.6) is 0 Å². The fourth-order valence-electron chi connectivity index (χ4n) is 1.37. The van der Waals surface area contributed by atoms with Crippen molar-refractivity contribution in [2.45, 2.75) is 45.4 Å². The number of rotatable bonds is 10. The molecule has 0 rings (SSSR count). The minimum atomic E-state index is -0.859. The summed E-state index contributed by atoms with van der Waals surface area (Å²) in [6, 6.07) is 0. The van der Waals surface area contributed by atoms with E-state index in [1.54, 1.807) is 0 Å². The lowest BCUT2D eigenvalue weighted by Crippen LogP contribution is -2.32. The van der Waals surface area contributed by atoms with E-state index in [1.807, 2.05) is 12.2 Å². The van der Waals surface area contributed by atoms with Crippen molar-refractivity contribution in [3.63, 3.8) is 0 Å². The number of nitrogens with one attached hydrogen (secondary N) is 1. The first-order valence-corrected chi connectivity index (χ1v) is 6.86. The van der Waals surface area contributed by atoms with Crippen LogP contribution in [-0.2, 0) is 19.1 Å². The van der Waals surface area contributed by atoms with E-state index in [0.29, 0.717) is 19.3 Å². The number of ketones is 1. The molecule has 0 aromatic carbocycles. The van der Waals surface area contributed by atoms with Crippen molar-refractivity contribution in [2.24, 2.45) is 5.73 Å². The molecule has 3 amide bonds. The molecule has 21 heavy (non-hydrogen) atoms. The molecule has 0 atom stereocenters. The number of unbranched alkanes of at least 4 members (excludes halogenated alkanes) is 2. The van der Waals surface area contributed by atoms with E-state index in [9.17, 15) is 19.2 Å². The third-order valence-corrected chi connectivity index (χ3v) is 2.42. The maximum absolute atomic E-state index is 11.4. The van der Waals surface area contributed by atoms with Crippen molar-refractivity contribution in [1.82, 2.24) is 5.32 Å². The van der Waals surface area contributed by atoms with Crippen molar-refractivity contribution in [2.75, 3.05) is 13.2 Å². The molecule has 0 aliphatic rings. The molecule has 0 saturated carbocycles. The highest BCUT2D eigenvalue weighted by Crippen LogP contribution is 2.00. The lowest BCUT2D eigenvalue weighted by Gasteiger charge is -2.05. The third kappa shape index (κ3) is 12.6. The molecular weight excluding hydrogens is 280 g/mol. The topological polar surface area (TPSA) is 125 Å². The second kappa shape index (κ2) is 11.7. The van der Waals surface area contributed by atoms with Gasteiger partial charge in [0.1, 0.15) is 5.78 Å². The molecule has 3 N–H and O–H groups in total. The second-order valence-electron chi connectivity index (χ2n) is 4.38. The molecule has 0 aliphatic heterocycles. The number of hydrogen-bond acceptors (Lipinski definition) is 6. The molecule has 8 heteroatoms. The van der Waals surface area contributed by atoms with Gasteiger partial charge in [-0.25, -0.2) is 9.59 Å². The predicted octanol–water partition coefficient (Wildman–Crippen LogP) is 1.26. The molecule has 0 aromatic rings. The first-order chi connectivity index (χ1) is 9.95. The Kier molecular flexibility index (Phi) is 10.5. The van der Waals surface area contributed by atoms with Crippen molar-refractivity contribution < 1.29 is 28.7 Å². The summed E-state index contributed by atoms with van der Waals surface area (Å²) in [7, 11) is 0. The summed E-state index contributed by atoms with van der Waals surface area (Å²) in [5.41, 5.74) is 4.77. The zero-order valence-corrected chi connectivity index (χ0v) is 12.2. The maximum Gasteiger partial charge on any atom is 0.413 e. The summed E-state index contributed by atoms with van der Waals surface area (Å²) < 4.78 is 9.22. The standard InChI is InChI=1S/C13H22N2O6/c1-2-3-7-21-13(19)15-11(17)9-10(16)6-4-5-8-20-12(14)18/h2-9H2,1H3,(H2,14,18)(H,15,17,19). The van der Waals surface area contributed by atoms with Crippen molar-refractivity contribution in [1.29, 1.82) is 0 Å². The Labute approximate surface area is 123 Å². The van der Waals surface area contributed by atoms with Gasteiger partial charge in [0, 0.05) is 6.42 Å². The Bertz CT molecular complexity index is 370. The largest absolute Gasteiger partial charge is 0.450 e. The number of imide groups is 1. The Morgan fingerprint density at radius 3 is 2.29 bits per heavy atom. The van der Waals surface area contributed by atoms with Gasteiger partial charge in [-0.15, -0.1) is 0 Å². The highest BCUT2D eigenvalue weighted by molar-refractivity contribution is 6.03. The summed E-state index contributed by atoms with van der Waals surface area (Å²) in [4.78, 5) is 44.2. The molecule has 0 fully saturated rings. The highest BCUT2D eigenvalue weighted by Gasteiger charge is 2.13. The Morgan fingerprint density at radius 1 is 1.00 bits per heavy atom. The van der Waals surface area contributed by atoms with Gasteiger partial charge in [0.2, 0.25) is 5.91 Å². The van der Waals surface area contributed by atoms with Gasteiger partial charge in [0.25, 0.3) is 0 Å². The lowest BCUT2D eigenvalue weighted by atomic mass is 10.1. The summed E-state index contributed by atoms with van der Waals surface area (Å²) in [5.74, 6) is -0.984. The van der Waals surface area contributed by atoms with Crippen LogP contribution in [-0.4, -0.2) is 37.1 Å². The number of amides is 3. The van der Waals surface area contributed by atoms with Crippen LogP contribution in [0.25, 0.3) is 0 Å². The van der Waals surface area contributed by atoms with Gasteiger partial charge >= 0.3 is 12.2 Å². The molecule has 0 bridgehead atoms. The van der Waals surface area contributed by atoms with Crippen LogP contribution in [0.15, 0.2) is 0 Å². The number of alkyl carbamates (subject to hydrolysis) is 1. The van der Waals surface area contributed by atoms with E-state index in [1.165, 1.54) is 0 Å². The van der Waals surface area contributed by atoms with Gasteiger partial charge in [-0.1, -0.05) is 13.3 Å². The minimum Gasteiger partial charge on any atom is -0.450 e. The molecule has 0 radical (unpaired) electrons. The number of ether oxygens (including phenoxy) is 2. The highest BCUT2D eigenvalue weighted by atomic mass is 16.6. The van der Waals surface area contributed by atoms with Crippen molar-refractivity contribution >= 4 is 23.9 Å². The summed E-state index contributed by atoms with van der Waals surface area (Å²) in [6.07, 6.45) is 0.640. The molecule has 0 spiro atoms. The fourth-order valence-corrected chi connectivity index (χ4v) is 1.37. The SMILES string of the molecule is CCCCOC(=O)NC(=O)CC(=O)CCCCOC(N)=O. The van der Waals surface area contributed by atoms with E-state index in [4.69, 9.17) is 10.5 Å². The minimum absolute atomic E-state index is 0.137. The summed E-state index contributed by atoms with van der Waals surface area (Å²) >= 11 is 0. The lowest BCUT2D eigenvalue weighted by molar-refractivity contribution is -0.127. The molecule has 0 unspecified atom stereocenters. The van der Waals surface area contributed by atoms with Crippen LogP contribution in [0.1, 0.15) is 45.4 Å². The van der Waals surface area contributed by atoms with Crippen molar-refractivity contribution in [3.05, 3.63) is 0 Å². The Hall–Kier alpha value is -2.12. The van der Waals surface area contributed by atoms with Gasteiger partial charge in [-0.2, -0.15) is 0 Å². The molecule has 0 saturated heterocycles. The number of hydrogen-bond donors (Lipinski definition) is 2. The number of carbonyl (C=O) groups is 4. The second-order valence-corrected chi connectivity index (χ2v) is 4.38. The molecule has 120 valence electrons. The molecule has 0 heterocycles. The van der Waals surface area contributed by atoms with Crippen LogP contribution >= 0.6 is 0 Å². The average Bonchev–Trinajstić information content (AvgIpc) is 2.37. The number of nitrogens with two attached hydrogens (primary N) is 1. The number of carbonyl (C=O) groups excluding carboxylic acids is 4. The van der Waals surface area contributed by atoms with Crippen LogP contribution in [0.3, 0.4) is 0 Å². The van der Waals surface area contributed by atoms with E-state index in [2.05, 4.69) is 4.74 Å². The van der Waals surface area contributed by atoms with Gasteiger partial charge in [-0.3, -0.25) is 14.9 Å². The molecule has 0 aromatic heterocycles. The quantitative estimate of drug-likeness (QED) is 0.462. The van der Waals surface area contributed by atoms with Crippen molar-refractivity contribution in [3.8, 4) is 0 Å². The van der Waals surface area contributed by atoms with Crippen LogP contribution < -0.4 is 11.1 Å². The van der Waals surface area contributed by atoms with Gasteiger partial charge in [0.15, 0.2) is 0 Å². The van der Waals surface area contributed by atoms with E-state index >= 15 is 0 Å². The molecule has 8 nitrogen and oxygen atoms in total. The normalized spacial score (nSPS) is 9.76. The number of Topliss-reactive ketones (excluding diaryl/α,β-unsaturated/α-hetero) is 1. The zero-order valence-electron chi connectivity index (χ0n) is 12.2. The Balaban J connectivity index is 3.67. The predicted molar refractivity (Wildman–Crippen MR) is 73.4 cm³/mol. The first-order valence-electron chi connectivity index (χ1n) is 6.86. The summed E-state index contributed by atoms with van der Waals surface area (Å²) in [5, 5.41) is 1.98. The molecule has 0 aliphatic carbocycles. The smallest absolute Gasteiger partial charge is 0.413 e. The zero-order chi connectivity index (χ0) is 16.1. The first kappa shape index (κ1) is 18.9. The molecular formula is C13H22N2O6. The Morgan fingerprint density at radius 2 is 1.67 bits per heavy atom. The van der Waals surface area contributed by atoms with Crippen LogP contribution in [0.2, 0.25) is 0 Å². The average molecular weight is 302 g/mol. The van der Waals surface area contributed by atoms with E-state index in [-0.39, 0.29) is 31.8 Å². The summed E-state index contributed by atoms with van der Waals surface area (Å²) in [6.45, 7) is 2.32. The van der Waals surface area contributed by atoms with E-state index < -0.39 is 18.1 Å². The van der Waals surface area contributed by atoms with Gasteiger partial charge in [0.05, 0.1) is 19.6 Å². The van der Waals surface area contributed by atoms with Gasteiger partial charge < -0.3 is 15.2 Å². The third-order valence-electron chi connectivity index (χ3n) is 2.42. The van der Waals surface area contributed by atoms with Crippen LogP contribution in [0.4, 0.5) is 9.59 Å².